The molecule has 0 atom stereocenters. The number of carbonyl (C=O) groups is 1. The first-order valence-electron chi connectivity index (χ1n) is 9.13. The number of nitrogens with zero attached hydrogens (tertiary/aromatic N) is 1. The average molecular weight is 368 g/mol. The molecule has 0 radical (unpaired) electrons. The number of nitrogens with one attached hydrogen (secondary N) is 1. The first kappa shape index (κ1) is 17.7. The van der Waals surface area contributed by atoms with Crippen molar-refractivity contribution in [1.82, 2.24) is 4.98 Å². The van der Waals surface area contributed by atoms with Crippen LogP contribution in [0.4, 0.5) is 5.82 Å². The van der Waals surface area contributed by atoms with Crippen LogP contribution in [0, 0.1) is 6.92 Å². The van der Waals surface area contributed by atoms with Crippen LogP contribution in [0.15, 0.2) is 79.0 Å². The molecule has 0 aliphatic heterocycles. The molecule has 4 heteroatoms. The number of benzene rings is 3. The van der Waals surface area contributed by atoms with Gasteiger partial charge in [-0.05, 0) is 41.1 Å². The molecule has 4 nitrogen and oxygen atoms in total. The maximum atomic E-state index is 11.4. The average Bonchev–Trinajstić information content (AvgIpc) is 2.73. The van der Waals surface area contributed by atoms with Crippen molar-refractivity contribution in [3.63, 3.8) is 0 Å². The minimum Gasteiger partial charge on any atom is -0.478 e. The summed E-state index contributed by atoms with van der Waals surface area (Å²) < 4.78 is 0. The van der Waals surface area contributed by atoms with Crippen LogP contribution >= 0.6 is 0 Å². The molecule has 4 rings (SSSR count). The molecule has 4 aromatic rings. The lowest BCUT2D eigenvalue weighted by atomic mass is 9.96. The highest BCUT2D eigenvalue weighted by atomic mass is 16.4. The number of aryl methyl sites for hydroxylation is 1. The van der Waals surface area contributed by atoms with Crippen LogP contribution in [-0.2, 0) is 6.54 Å². The highest BCUT2D eigenvalue weighted by Gasteiger charge is 2.13. The molecule has 1 heterocycles. The van der Waals surface area contributed by atoms with Crippen LogP contribution in [-0.4, -0.2) is 16.1 Å². The molecule has 138 valence electrons. The highest BCUT2D eigenvalue weighted by molar-refractivity contribution is 6.04. The standard InChI is InChI=1S/C24H20N2O2/c1-16-7-5-12-20-22(16)21(18-10-6-11-19(13-18)24(27)28)15-26-23(20)25-14-17-8-3-2-4-9-17/h2-13,15H,14H2,1H3,(H,25,26)(H,27,28). The monoisotopic (exact) mass is 368 g/mol. The van der Waals surface area contributed by atoms with Crippen molar-refractivity contribution < 1.29 is 9.90 Å². The Bertz CT molecular complexity index is 1150. The van der Waals surface area contributed by atoms with Crippen molar-refractivity contribution in [1.29, 1.82) is 0 Å². The Balaban J connectivity index is 1.80. The van der Waals surface area contributed by atoms with E-state index in [0.717, 1.165) is 33.3 Å². The number of rotatable bonds is 5. The number of aromatic carboxylic acids is 1. The van der Waals surface area contributed by atoms with E-state index in [9.17, 15) is 9.90 Å². The molecule has 0 fully saturated rings. The lowest BCUT2D eigenvalue weighted by Crippen LogP contribution is -2.03. The van der Waals surface area contributed by atoms with E-state index in [1.165, 1.54) is 5.56 Å². The molecular formula is C24H20N2O2. The summed E-state index contributed by atoms with van der Waals surface area (Å²) in [6.07, 6.45) is 1.82. The van der Waals surface area contributed by atoms with Gasteiger partial charge in [0.25, 0.3) is 0 Å². The largest absolute Gasteiger partial charge is 0.478 e. The molecule has 2 N–H and O–H groups in total. The van der Waals surface area contributed by atoms with E-state index >= 15 is 0 Å². The Morgan fingerprint density at radius 2 is 1.79 bits per heavy atom. The van der Waals surface area contributed by atoms with Gasteiger partial charge < -0.3 is 10.4 Å². The number of carboxylic acid groups (broad SMARTS) is 1. The van der Waals surface area contributed by atoms with Gasteiger partial charge in [-0.15, -0.1) is 0 Å². The van der Waals surface area contributed by atoms with Crippen molar-refractivity contribution in [3.05, 3.63) is 95.7 Å². The van der Waals surface area contributed by atoms with Gasteiger partial charge >= 0.3 is 5.97 Å². The van der Waals surface area contributed by atoms with Crippen molar-refractivity contribution in [2.45, 2.75) is 13.5 Å². The summed E-state index contributed by atoms with van der Waals surface area (Å²) in [6.45, 7) is 2.75. The topological polar surface area (TPSA) is 62.2 Å². The summed E-state index contributed by atoms with van der Waals surface area (Å²) in [7, 11) is 0. The molecule has 0 aliphatic carbocycles. The summed E-state index contributed by atoms with van der Waals surface area (Å²) in [5.74, 6) is -0.113. The number of pyridine rings is 1. The van der Waals surface area contributed by atoms with Gasteiger partial charge in [0.15, 0.2) is 0 Å². The molecule has 0 aliphatic rings. The van der Waals surface area contributed by atoms with E-state index < -0.39 is 5.97 Å². The molecular weight excluding hydrogens is 348 g/mol. The van der Waals surface area contributed by atoms with Crippen LogP contribution < -0.4 is 5.32 Å². The Kier molecular flexibility index (Phi) is 4.77. The predicted octanol–water partition coefficient (Wildman–Crippen LogP) is 5.52. The second-order valence-electron chi connectivity index (χ2n) is 6.74. The summed E-state index contributed by atoms with van der Waals surface area (Å²) in [5, 5.41) is 14.9. The molecule has 0 amide bonds. The van der Waals surface area contributed by atoms with Gasteiger partial charge in [0.2, 0.25) is 0 Å². The Morgan fingerprint density at radius 3 is 2.57 bits per heavy atom. The lowest BCUT2D eigenvalue weighted by molar-refractivity contribution is 0.0697. The second kappa shape index (κ2) is 7.53. The van der Waals surface area contributed by atoms with Crippen molar-refractivity contribution >= 4 is 22.6 Å². The van der Waals surface area contributed by atoms with Gasteiger partial charge in [-0.3, -0.25) is 0 Å². The minimum absolute atomic E-state index is 0.269. The number of carboxylic acids is 1. The Labute approximate surface area is 163 Å². The first-order chi connectivity index (χ1) is 13.6. The van der Waals surface area contributed by atoms with Crippen LogP contribution in [0.1, 0.15) is 21.5 Å². The zero-order valence-corrected chi connectivity index (χ0v) is 15.5. The van der Waals surface area contributed by atoms with E-state index in [1.54, 1.807) is 18.2 Å². The smallest absolute Gasteiger partial charge is 0.335 e. The van der Waals surface area contributed by atoms with Gasteiger partial charge in [-0.1, -0.05) is 60.7 Å². The first-order valence-corrected chi connectivity index (χ1v) is 9.13. The minimum atomic E-state index is -0.933. The predicted molar refractivity (Wildman–Crippen MR) is 113 cm³/mol. The van der Waals surface area contributed by atoms with Crippen LogP contribution in [0.2, 0.25) is 0 Å². The molecule has 28 heavy (non-hydrogen) atoms. The molecule has 0 saturated heterocycles. The third kappa shape index (κ3) is 3.45. The van der Waals surface area contributed by atoms with E-state index in [1.807, 2.05) is 42.6 Å². The van der Waals surface area contributed by atoms with Gasteiger partial charge in [-0.2, -0.15) is 0 Å². The van der Waals surface area contributed by atoms with Gasteiger partial charge in [0.1, 0.15) is 5.82 Å². The van der Waals surface area contributed by atoms with Crippen LogP contribution in [0.3, 0.4) is 0 Å². The lowest BCUT2D eigenvalue weighted by Gasteiger charge is -2.14. The van der Waals surface area contributed by atoms with Gasteiger partial charge in [0.05, 0.1) is 5.56 Å². The molecule has 0 bridgehead atoms. The number of anilines is 1. The molecule has 0 unspecified atom stereocenters. The van der Waals surface area contributed by atoms with Crippen molar-refractivity contribution in [2.75, 3.05) is 5.32 Å². The zero-order valence-electron chi connectivity index (χ0n) is 15.5. The number of hydrogen-bond acceptors (Lipinski definition) is 3. The van der Waals surface area contributed by atoms with Crippen molar-refractivity contribution in [3.8, 4) is 11.1 Å². The summed E-state index contributed by atoms with van der Waals surface area (Å²) in [5.41, 5.74) is 4.36. The Hall–Kier alpha value is -3.66. The van der Waals surface area contributed by atoms with Gasteiger partial charge in [-0.25, -0.2) is 9.78 Å². The second-order valence-corrected chi connectivity index (χ2v) is 6.74. The third-order valence-corrected chi connectivity index (χ3v) is 4.84. The molecule has 1 aromatic heterocycles. The molecule has 0 saturated carbocycles. The summed E-state index contributed by atoms with van der Waals surface area (Å²) in [6, 6.07) is 23.3. The molecule has 3 aromatic carbocycles. The fourth-order valence-corrected chi connectivity index (χ4v) is 3.45. The van der Waals surface area contributed by atoms with E-state index in [0.29, 0.717) is 6.54 Å². The summed E-state index contributed by atoms with van der Waals surface area (Å²) in [4.78, 5) is 16.0. The highest BCUT2D eigenvalue weighted by Crippen LogP contribution is 2.34. The van der Waals surface area contributed by atoms with E-state index in [4.69, 9.17) is 0 Å². The van der Waals surface area contributed by atoms with Gasteiger partial charge in [0, 0.05) is 23.7 Å². The van der Waals surface area contributed by atoms with E-state index in [-0.39, 0.29) is 5.56 Å². The number of fused-ring (bicyclic) bond motifs is 1. The summed E-state index contributed by atoms with van der Waals surface area (Å²) >= 11 is 0. The van der Waals surface area contributed by atoms with Crippen LogP contribution in [0.25, 0.3) is 21.9 Å². The number of hydrogen-bond donors (Lipinski definition) is 2. The zero-order chi connectivity index (χ0) is 19.5. The fraction of sp³-hybridized carbons (Fsp3) is 0.0833. The Morgan fingerprint density at radius 1 is 1.00 bits per heavy atom. The fourth-order valence-electron chi connectivity index (χ4n) is 3.45. The maximum absolute atomic E-state index is 11.4. The molecule has 0 spiro atoms. The maximum Gasteiger partial charge on any atom is 0.335 e. The van der Waals surface area contributed by atoms with Crippen molar-refractivity contribution in [2.24, 2.45) is 0 Å². The van der Waals surface area contributed by atoms with Crippen LogP contribution in [0.5, 0.6) is 0 Å². The third-order valence-electron chi connectivity index (χ3n) is 4.84. The quantitative estimate of drug-likeness (QED) is 0.487. The van der Waals surface area contributed by atoms with E-state index in [2.05, 4.69) is 35.4 Å². The SMILES string of the molecule is Cc1cccc2c(NCc3ccccc3)ncc(-c3cccc(C(=O)O)c3)c12. The number of aromatic nitrogens is 1. The normalized spacial score (nSPS) is 10.8.